The highest BCUT2D eigenvalue weighted by atomic mass is 16.3. The molecule has 0 aliphatic carbocycles. The Bertz CT molecular complexity index is 445. The zero-order valence-corrected chi connectivity index (χ0v) is 12.5. The van der Waals surface area contributed by atoms with Gasteiger partial charge in [0.2, 0.25) is 0 Å². The van der Waals surface area contributed by atoms with Crippen molar-refractivity contribution in [2.45, 2.75) is 70.6 Å². The Morgan fingerprint density at radius 3 is 2.95 bits per heavy atom. The lowest BCUT2D eigenvalue weighted by atomic mass is 10.2. The summed E-state index contributed by atoms with van der Waals surface area (Å²) >= 11 is 0. The van der Waals surface area contributed by atoms with E-state index in [9.17, 15) is 5.11 Å². The van der Waals surface area contributed by atoms with E-state index in [4.69, 9.17) is 0 Å². The highest BCUT2D eigenvalue weighted by molar-refractivity contribution is 5.05. The van der Waals surface area contributed by atoms with Crippen molar-refractivity contribution in [1.29, 1.82) is 0 Å². The van der Waals surface area contributed by atoms with Crippen LogP contribution in [0, 0.1) is 0 Å². The van der Waals surface area contributed by atoms with E-state index in [1.807, 2.05) is 6.92 Å². The van der Waals surface area contributed by atoms with Gasteiger partial charge in [-0.05, 0) is 38.6 Å². The van der Waals surface area contributed by atoms with E-state index in [2.05, 4.69) is 19.7 Å². The zero-order chi connectivity index (χ0) is 13.9. The van der Waals surface area contributed by atoms with Gasteiger partial charge < -0.3 is 9.67 Å². The van der Waals surface area contributed by atoms with E-state index in [-0.39, 0.29) is 6.10 Å². The summed E-state index contributed by atoms with van der Waals surface area (Å²) in [5, 5.41) is 18.8. The fourth-order valence-electron chi connectivity index (χ4n) is 3.49. The van der Waals surface area contributed by atoms with Crippen molar-refractivity contribution in [2.24, 2.45) is 0 Å². The van der Waals surface area contributed by atoms with Crippen LogP contribution in [-0.4, -0.2) is 44.0 Å². The Balaban J connectivity index is 1.79. The molecule has 3 rings (SSSR count). The molecule has 2 unspecified atom stereocenters. The molecule has 5 heteroatoms. The van der Waals surface area contributed by atoms with Crippen molar-refractivity contribution >= 4 is 0 Å². The van der Waals surface area contributed by atoms with Crippen LogP contribution >= 0.6 is 0 Å². The summed E-state index contributed by atoms with van der Waals surface area (Å²) in [5.41, 5.74) is 0. The van der Waals surface area contributed by atoms with E-state index < -0.39 is 0 Å². The van der Waals surface area contributed by atoms with Crippen LogP contribution in [0.1, 0.15) is 63.1 Å². The fourth-order valence-corrected chi connectivity index (χ4v) is 3.49. The van der Waals surface area contributed by atoms with Gasteiger partial charge in [-0.1, -0.05) is 13.3 Å². The topological polar surface area (TPSA) is 54.2 Å². The third kappa shape index (κ3) is 2.74. The van der Waals surface area contributed by atoms with Crippen molar-refractivity contribution in [2.75, 3.05) is 13.1 Å². The number of aryl methyl sites for hydroxylation is 1. The number of hydrogen-bond acceptors (Lipinski definition) is 4. The number of fused-ring (bicyclic) bond motifs is 1. The van der Waals surface area contributed by atoms with Gasteiger partial charge in [-0.25, -0.2) is 0 Å². The van der Waals surface area contributed by atoms with E-state index in [1.165, 1.54) is 31.5 Å². The second-order valence-corrected chi connectivity index (χ2v) is 6.15. The molecule has 1 aromatic rings. The average Bonchev–Trinajstić information content (AvgIpc) is 2.99. The van der Waals surface area contributed by atoms with Crippen LogP contribution in [-0.2, 0) is 13.0 Å². The molecule has 1 aromatic heterocycles. The van der Waals surface area contributed by atoms with Gasteiger partial charge in [0.1, 0.15) is 11.6 Å². The van der Waals surface area contributed by atoms with Gasteiger partial charge in [0, 0.05) is 19.5 Å². The maximum absolute atomic E-state index is 9.93. The van der Waals surface area contributed by atoms with Crippen LogP contribution in [0.25, 0.3) is 0 Å². The molecule has 112 valence electrons. The molecule has 20 heavy (non-hydrogen) atoms. The maximum Gasteiger partial charge on any atom is 0.150 e. The third-order valence-electron chi connectivity index (χ3n) is 4.72. The number of hydrogen-bond donors (Lipinski definition) is 1. The first-order valence-corrected chi connectivity index (χ1v) is 8.13. The average molecular weight is 278 g/mol. The van der Waals surface area contributed by atoms with Gasteiger partial charge in [-0.3, -0.25) is 4.90 Å². The van der Waals surface area contributed by atoms with Gasteiger partial charge in [0.05, 0.1) is 12.1 Å². The van der Waals surface area contributed by atoms with Gasteiger partial charge in [0.25, 0.3) is 0 Å². The molecule has 5 nitrogen and oxygen atoms in total. The zero-order valence-electron chi connectivity index (χ0n) is 12.5. The van der Waals surface area contributed by atoms with Crippen LogP contribution in [0.5, 0.6) is 0 Å². The normalized spacial score (nSPS) is 25.4. The molecule has 0 spiro atoms. The van der Waals surface area contributed by atoms with Crippen molar-refractivity contribution < 1.29 is 5.11 Å². The van der Waals surface area contributed by atoms with Gasteiger partial charge in [-0.2, -0.15) is 0 Å². The number of aliphatic hydroxyl groups excluding tert-OH is 1. The minimum absolute atomic E-state index is 0.220. The molecule has 0 aromatic carbocycles. The van der Waals surface area contributed by atoms with Gasteiger partial charge in [-0.15, -0.1) is 10.2 Å². The van der Waals surface area contributed by atoms with E-state index in [0.29, 0.717) is 6.04 Å². The minimum atomic E-state index is -0.220. The number of nitrogens with zero attached hydrogens (tertiary/aromatic N) is 4. The number of aliphatic hydroxyl groups is 1. The Kier molecular flexibility index (Phi) is 4.36. The lowest BCUT2D eigenvalue weighted by Crippen LogP contribution is -2.33. The largest absolute Gasteiger partial charge is 0.392 e. The van der Waals surface area contributed by atoms with Crippen LogP contribution < -0.4 is 0 Å². The van der Waals surface area contributed by atoms with E-state index >= 15 is 0 Å². The molecule has 2 atom stereocenters. The first-order valence-electron chi connectivity index (χ1n) is 8.13. The molecule has 3 heterocycles. The van der Waals surface area contributed by atoms with Crippen LogP contribution in [0.2, 0.25) is 0 Å². The second kappa shape index (κ2) is 6.22. The third-order valence-corrected chi connectivity index (χ3v) is 4.72. The predicted octanol–water partition coefficient (Wildman–Crippen LogP) is 1.91. The summed E-state index contributed by atoms with van der Waals surface area (Å²) < 4.78 is 2.36. The SMILES string of the molecule is CCC(O)CN1CCCC1c1nnc2n1CCCCC2. The summed E-state index contributed by atoms with van der Waals surface area (Å²) in [6.07, 6.45) is 7.79. The molecule has 2 aliphatic rings. The number of aromatic nitrogens is 3. The molecule has 1 N–H and O–H groups in total. The van der Waals surface area contributed by atoms with E-state index in [1.54, 1.807) is 0 Å². The molecule has 2 aliphatic heterocycles. The van der Waals surface area contributed by atoms with E-state index in [0.717, 1.165) is 44.7 Å². The Hall–Kier alpha value is -0.940. The van der Waals surface area contributed by atoms with Crippen molar-refractivity contribution in [1.82, 2.24) is 19.7 Å². The summed E-state index contributed by atoms with van der Waals surface area (Å²) in [6.45, 7) is 4.95. The quantitative estimate of drug-likeness (QED) is 0.914. The predicted molar refractivity (Wildman–Crippen MR) is 77.4 cm³/mol. The smallest absolute Gasteiger partial charge is 0.150 e. The van der Waals surface area contributed by atoms with Gasteiger partial charge in [0.15, 0.2) is 0 Å². The van der Waals surface area contributed by atoms with Crippen molar-refractivity contribution in [3.63, 3.8) is 0 Å². The van der Waals surface area contributed by atoms with Crippen LogP contribution in [0.4, 0.5) is 0 Å². The fraction of sp³-hybridized carbons (Fsp3) is 0.867. The molecular formula is C15H26N4O. The summed E-state index contributed by atoms with van der Waals surface area (Å²) in [7, 11) is 0. The maximum atomic E-state index is 9.93. The Labute approximate surface area is 121 Å². The van der Waals surface area contributed by atoms with Crippen molar-refractivity contribution in [3.05, 3.63) is 11.6 Å². The first kappa shape index (κ1) is 14.0. The highest BCUT2D eigenvalue weighted by Gasteiger charge is 2.32. The standard InChI is InChI=1S/C15H26N4O/c1-2-12(20)11-18-9-6-7-13(18)15-17-16-14-8-4-3-5-10-19(14)15/h12-13,20H,2-11H2,1H3. The molecule has 1 saturated heterocycles. The number of rotatable bonds is 4. The summed E-state index contributed by atoms with van der Waals surface area (Å²) in [5.74, 6) is 2.31. The minimum Gasteiger partial charge on any atom is -0.392 e. The summed E-state index contributed by atoms with van der Waals surface area (Å²) in [4.78, 5) is 2.40. The number of likely N-dealkylation sites (tertiary alicyclic amines) is 1. The van der Waals surface area contributed by atoms with Crippen LogP contribution in [0.3, 0.4) is 0 Å². The van der Waals surface area contributed by atoms with Gasteiger partial charge >= 0.3 is 0 Å². The van der Waals surface area contributed by atoms with Crippen molar-refractivity contribution in [3.8, 4) is 0 Å². The molecule has 0 saturated carbocycles. The summed E-state index contributed by atoms with van der Waals surface area (Å²) in [6, 6.07) is 0.357. The molecule has 0 amide bonds. The molecule has 1 fully saturated rings. The lowest BCUT2D eigenvalue weighted by Gasteiger charge is -2.26. The Morgan fingerprint density at radius 2 is 2.10 bits per heavy atom. The molecular weight excluding hydrogens is 252 g/mol. The second-order valence-electron chi connectivity index (χ2n) is 6.15. The molecule has 0 bridgehead atoms. The highest BCUT2D eigenvalue weighted by Crippen LogP contribution is 2.32. The number of β-amino-alcohol motifs (C(OH)–C–C–N with tert-alkyl or cyclic N) is 1. The monoisotopic (exact) mass is 278 g/mol. The van der Waals surface area contributed by atoms with Crippen LogP contribution in [0.15, 0.2) is 0 Å². The first-order chi connectivity index (χ1) is 9.79. The lowest BCUT2D eigenvalue weighted by molar-refractivity contribution is 0.0997. The Morgan fingerprint density at radius 1 is 1.20 bits per heavy atom. The molecule has 0 radical (unpaired) electrons.